The summed E-state index contributed by atoms with van der Waals surface area (Å²) in [6, 6.07) is 1.63. The van der Waals surface area contributed by atoms with Crippen LogP contribution in [0.4, 0.5) is 0 Å². The van der Waals surface area contributed by atoms with Crippen LogP contribution in [0, 0.1) is 0 Å². The van der Waals surface area contributed by atoms with Gasteiger partial charge in [0.2, 0.25) is 18.2 Å². The first kappa shape index (κ1) is 15.7. The summed E-state index contributed by atoms with van der Waals surface area (Å²) in [5, 5.41) is 10.4. The Balaban J connectivity index is 1.83. The third-order valence-electron chi connectivity index (χ3n) is 4.23. The second-order valence-electron chi connectivity index (χ2n) is 5.74. The Morgan fingerprint density at radius 3 is 2.83 bits per heavy atom. The van der Waals surface area contributed by atoms with Crippen LogP contribution in [0.15, 0.2) is 17.0 Å². The molecule has 0 spiro atoms. The van der Waals surface area contributed by atoms with Crippen LogP contribution in [0.1, 0.15) is 42.5 Å². The highest BCUT2D eigenvalue weighted by Crippen LogP contribution is 2.35. The van der Waals surface area contributed by atoms with Crippen LogP contribution in [0.3, 0.4) is 0 Å². The first-order chi connectivity index (χ1) is 11.2. The van der Waals surface area contributed by atoms with Gasteiger partial charge in [-0.2, -0.15) is 0 Å². The molecule has 2 aliphatic rings. The van der Waals surface area contributed by atoms with Gasteiger partial charge in [-0.3, -0.25) is 19.7 Å². The lowest BCUT2D eigenvalue weighted by Gasteiger charge is -2.29. The summed E-state index contributed by atoms with van der Waals surface area (Å²) >= 11 is 1.58. The van der Waals surface area contributed by atoms with Gasteiger partial charge in [0, 0.05) is 22.6 Å². The molecule has 1 atom stereocenters. The zero-order valence-corrected chi connectivity index (χ0v) is 13.5. The molecule has 0 radical (unpaired) electrons. The summed E-state index contributed by atoms with van der Waals surface area (Å²) in [6.45, 7) is 0.476. The molecule has 7 heteroatoms. The minimum atomic E-state index is -0.386. The topological polar surface area (TPSA) is 87.3 Å². The summed E-state index contributed by atoms with van der Waals surface area (Å²) in [4.78, 5) is 34.9. The summed E-state index contributed by atoms with van der Waals surface area (Å²) < 4.78 is 0. The van der Waals surface area contributed by atoms with Gasteiger partial charge in [0.1, 0.15) is 6.04 Å². The number of amides is 3. The smallest absolute Gasteiger partial charge is 0.249 e. The summed E-state index contributed by atoms with van der Waals surface area (Å²) in [5.41, 5.74) is 3.35. The first-order valence-electron chi connectivity index (χ1n) is 7.75. The van der Waals surface area contributed by atoms with Crippen LogP contribution >= 0.6 is 11.3 Å². The molecule has 2 heterocycles. The van der Waals surface area contributed by atoms with Gasteiger partial charge in [0.25, 0.3) is 0 Å². The van der Waals surface area contributed by atoms with Crippen molar-refractivity contribution in [3.63, 3.8) is 0 Å². The van der Waals surface area contributed by atoms with Crippen molar-refractivity contribution >= 4 is 35.3 Å². The van der Waals surface area contributed by atoms with Crippen molar-refractivity contribution in [1.29, 1.82) is 0 Å². The molecular formula is C16H19N3O3S. The number of rotatable bonds is 6. The molecule has 1 unspecified atom stereocenters. The maximum atomic E-state index is 12.0. The Morgan fingerprint density at radius 1 is 1.35 bits per heavy atom. The quantitative estimate of drug-likeness (QED) is 0.541. The second-order valence-corrected chi connectivity index (χ2v) is 6.74. The number of hydrogen-bond acceptors (Lipinski definition) is 5. The normalized spacial score (nSPS) is 20.5. The molecule has 3 N–H and O–H groups in total. The molecule has 1 aliphatic carbocycles. The molecular weight excluding hydrogens is 314 g/mol. The molecule has 0 aromatic carbocycles. The van der Waals surface area contributed by atoms with Gasteiger partial charge in [0.15, 0.2) is 0 Å². The highest BCUT2D eigenvalue weighted by atomic mass is 32.1. The fourth-order valence-corrected chi connectivity index (χ4v) is 3.65. The maximum absolute atomic E-state index is 12.0. The average Bonchev–Trinajstić information content (AvgIpc) is 2.93. The molecule has 3 amide bonds. The largest absolute Gasteiger partial charge is 0.373 e. The molecule has 23 heavy (non-hydrogen) atoms. The van der Waals surface area contributed by atoms with Gasteiger partial charge >= 0.3 is 0 Å². The Hall–Kier alpha value is -2.15. The van der Waals surface area contributed by atoms with Gasteiger partial charge in [-0.1, -0.05) is 0 Å². The first-order valence-corrected chi connectivity index (χ1v) is 8.63. The SMILES string of the molecule is O=CNCc1sccc1C(NC1CCC(=O)NC1=O)=C1CCC1. The predicted octanol–water partition coefficient (Wildman–Crippen LogP) is 1.28. The average molecular weight is 333 g/mol. The van der Waals surface area contributed by atoms with E-state index >= 15 is 0 Å². The number of carbonyl (C=O) groups excluding carboxylic acids is 3. The molecule has 1 aliphatic heterocycles. The Kier molecular flexibility index (Phi) is 4.76. The van der Waals surface area contributed by atoms with E-state index in [4.69, 9.17) is 0 Å². The van der Waals surface area contributed by atoms with Crippen LogP contribution < -0.4 is 16.0 Å². The molecule has 6 nitrogen and oxygen atoms in total. The standard InChI is InChI=1S/C16H19N3O3S/c20-9-17-8-13-11(6-7-23-13)15(10-2-1-3-10)18-12-4-5-14(21)19-16(12)22/h6-7,9,12,18H,1-5,8H2,(H,17,20)(H,19,21,22). The summed E-state index contributed by atoms with van der Waals surface area (Å²) in [6.07, 6.45) is 4.75. The van der Waals surface area contributed by atoms with Crippen LogP contribution in [0.5, 0.6) is 0 Å². The third kappa shape index (κ3) is 3.44. The molecule has 3 rings (SSSR count). The molecule has 122 valence electrons. The number of carbonyl (C=O) groups is 3. The monoisotopic (exact) mass is 333 g/mol. The molecule has 1 saturated carbocycles. The van der Waals surface area contributed by atoms with Crippen LogP contribution in [-0.2, 0) is 20.9 Å². The maximum Gasteiger partial charge on any atom is 0.249 e. The van der Waals surface area contributed by atoms with Crippen LogP contribution in [0.25, 0.3) is 5.70 Å². The van der Waals surface area contributed by atoms with E-state index in [1.807, 2.05) is 11.4 Å². The van der Waals surface area contributed by atoms with Gasteiger partial charge in [-0.15, -0.1) is 11.3 Å². The fourth-order valence-electron chi connectivity index (χ4n) is 2.81. The van der Waals surface area contributed by atoms with E-state index in [1.165, 1.54) is 5.57 Å². The molecule has 1 aromatic rings. The summed E-state index contributed by atoms with van der Waals surface area (Å²) in [7, 11) is 0. The lowest BCUT2D eigenvalue weighted by atomic mass is 9.88. The van der Waals surface area contributed by atoms with Crippen molar-refractivity contribution in [2.45, 2.75) is 44.7 Å². The number of allylic oxidation sites excluding steroid dienone is 1. The van der Waals surface area contributed by atoms with Crippen LogP contribution in [0.2, 0.25) is 0 Å². The van der Waals surface area contributed by atoms with Crippen molar-refractivity contribution in [2.24, 2.45) is 0 Å². The van der Waals surface area contributed by atoms with E-state index in [-0.39, 0.29) is 17.9 Å². The zero-order valence-electron chi connectivity index (χ0n) is 12.7. The number of thiophene rings is 1. The second kappa shape index (κ2) is 6.95. The highest BCUT2D eigenvalue weighted by molar-refractivity contribution is 7.10. The number of imide groups is 1. The van der Waals surface area contributed by atoms with Crippen LogP contribution in [-0.4, -0.2) is 24.3 Å². The lowest BCUT2D eigenvalue weighted by molar-refractivity contribution is -0.134. The van der Waals surface area contributed by atoms with Crippen molar-refractivity contribution in [3.05, 3.63) is 27.5 Å². The fraction of sp³-hybridized carbons (Fsp3) is 0.438. The van der Waals surface area contributed by atoms with E-state index in [9.17, 15) is 14.4 Å². The van der Waals surface area contributed by atoms with E-state index in [0.29, 0.717) is 25.8 Å². The summed E-state index contributed by atoms with van der Waals surface area (Å²) in [5.74, 6) is -0.473. The van der Waals surface area contributed by atoms with Gasteiger partial charge in [-0.25, -0.2) is 0 Å². The van der Waals surface area contributed by atoms with Crippen molar-refractivity contribution in [3.8, 4) is 0 Å². The predicted molar refractivity (Wildman–Crippen MR) is 87.3 cm³/mol. The van der Waals surface area contributed by atoms with Crippen molar-refractivity contribution < 1.29 is 14.4 Å². The van der Waals surface area contributed by atoms with Crippen molar-refractivity contribution in [2.75, 3.05) is 0 Å². The van der Waals surface area contributed by atoms with E-state index in [1.54, 1.807) is 11.3 Å². The molecule has 0 bridgehead atoms. The lowest BCUT2D eigenvalue weighted by Crippen LogP contribution is -2.50. The molecule has 2 fully saturated rings. The van der Waals surface area contributed by atoms with Crippen molar-refractivity contribution in [1.82, 2.24) is 16.0 Å². The van der Waals surface area contributed by atoms with E-state index < -0.39 is 0 Å². The number of piperidine rings is 1. The van der Waals surface area contributed by atoms with Gasteiger partial charge in [-0.05, 0) is 42.7 Å². The molecule has 1 saturated heterocycles. The minimum absolute atomic E-state index is 0.211. The van der Waals surface area contributed by atoms with E-state index in [2.05, 4.69) is 16.0 Å². The van der Waals surface area contributed by atoms with Gasteiger partial charge < -0.3 is 10.6 Å². The Labute approximate surface area is 138 Å². The highest BCUT2D eigenvalue weighted by Gasteiger charge is 2.29. The number of hydrogen-bond donors (Lipinski definition) is 3. The third-order valence-corrected chi connectivity index (χ3v) is 5.15. The van der Waals surface area contributed by atoms with Gasteiger partial charge in [0.05, 0.1) is 6.54 Å². The number of nitrogens with one attached hydrogen (secondary N) is 3. The Bertz CT molecular complexity index is 659. The Morgan fingerprint density at radius 2 is 2.17 bits per heavy atom. The minimum Gasteiger partial charge on any atom is -0.373 e. The zero-order chi connectivity index (χ0) is 16.2. The van der Waals surface area contributed by atoms with E-state index in [0.717, 1.165) is 35.4 Å². The molecule has 1 aromatic heterocycles.